The molecule has 106 valence electrons. The van der Waals surface area contributed by atoms with Gasteiger partial charge in [-0.3, -0.25) is 0 Å². The Morgan fingerprint density at radius 1 is 0.778 bits per heavy atom. The smallest absolute Gasteiger partial charge is 0.0810 e. The van der Waals surface area contributed by atoms with Crippen molar-refractivity contribution < 1.29 is 14.6 Å². The van der Waals surface area contributed by atoms with Crippen LogP contribution in [0.25, 0.3) is 0 Å². The van der Waals surface area contributed by atoms with Crippen LogP contribution < -0.4 is 0 Å². The molecule has 0 spiro atoms. The van der Waals surface area contributed by atoms with Gasteiger partial charge in [0.05, 0.1) is 31.5 Å². The summed E-state index contributed by atoms with van der Waals surface area (Å²) in [6.45, 7) is 1.96. The van der Waals surface area contributed by atoms with Crippen LogP contribution in [-0.2, 0) is 9.47 Å². The van der Waals surface area contributed by atoms with Gasteiger partial charge >= 0.3 is 0 Å². The Morgan fingerprint density at radius 2 is 1.22 bits per heavy atom. The molecule has 2 rings (SSSR count). The molecule has 0 amide bonds. The van der Waals surface area contributed by atoms with Gasteiger partial charge < -0.3 is 14.6 Å². The Kier molecular flexibility index (Phi) is 6.46. The van der Waals surface area contributed by atoms with Crippen molar-refractivity contribution in [3.63, 3.8) is 0 Å². The second kappa shape index (κ2) is 8.13. The van der Waals surface area contributed by atoms with Crippen molar-refractivity contribution in [3.8, 4) is 0 Å². The van der Waals surface area contributed by atoms with E-state index in [4.69, 9.17) is 9.47 Å². The summed E-state index contributed by atoms with van der Waals surface area (Å²) >= 11 is 0. The third-order valence-electron chi connectivity index (χ3n) is 3.93. The van der Waals surface area contributed by atoms with E-state index in [1.165, 1.54) is 51.4 Å². The number of hydrogen-bond donors (Lipinski definition) is 1. The number of rotatable bonds is 12. The SMILES string of the molecule is OC(CCCCCC1CO1)CCCCCC1CO1. The summed E-state index contributed by atoms with van der Waals surface area (Å²) in [7, 11) is 0. The first-order chi connectivity index (χ1) is 8.84. The fraction of sp³-hybridized carbons (Fsp3) is 1.00. The first kappa shape index (κ1) is 14.3. The average Bonchev–Trinajstić information content (AvgIpc) is 3.23. The van der Waals surface area contributed by atoms with E-state index in [9.17, 15) is 5.11 Å². The van der Waals surface area contributed by atoms with Crippen LogP contribution in [0.3, 0.4) is 0 Å². The molecule has 2 aliphatic heterocycles. The quantitative estimate of drug-likeness (QED) is 0.431. The van der Waals surface area contributed by atoms with Crippen LogP contribution in [0.15, 0.2) is 0 Å². The Balaban J connectivity index is 1.29. The molecule has 2 unspecified atom stereocenters. The van der Waals surface area contributed by atoms with Gasteiger partial charge in [-0.2, -0.15) is 0 Å². The van der Waals surface area contributed by atoms with E-state index >= 15 is 0 Å². The molecule has 1 N–H and O–H groups in total. The summed E-state index contributed by atoms with van der Waals surface area (Å²) < 4.78 is 10.4. The molecule has 0 aromatic heterocycles. The lowest BCUT2D eigenvalue weighted by Gasteiger charge is -2.09. The normalized spacial score (nSPS) is 27.2. The van der Waals surface area contributed by atoms with Gasteiger partial charge in [-0.15, -0.1) is 0 Å². The van der Waals surface area contributed by atoms with Crippen molar-refractivity contribution in [2.24, 2.45) is 0 Å². The molecule has 0 aliphatic carbocycles. The van der Waals surface area contributed by atoms with Gasteiger partial charge in [0.2, 0.25) is 0 Å². The zero-order chi connectivity index (χ0) is 12.6. The van der Waals surface area contributed by atoms with E-state index in [-0.39, 0.29) is 6.10 Å². The third-order valence-corrected chi connectivity index (χ3v) is 3.93. The summed E-state index contributed by atoms with van der Waals surface area (Å²) in [6.07, 6.45) is 12.8. The first-order valence-electron chi connectivity index (χ1n) is 7.76. The summed E-state index contributed by atoms with van der Waals surface area (Å²) in [5.41, 5.74) is 0. The van der Waals surface area contributed by atoms with Gasteiger partial charge in [-0.1, -0.05) is 38.5 Å². The number of aliphatic hydroxyl groups excluding tert-OH is 1. The standard InChI is InChI=1S/C15H28O3/c16-13(7-3-1-5-9-14-11-17-14)8-4-2-6-10-15-12-18-15/h13-16H,1-12H2. The van der Waals surface area contributed by atoms with Crippen LogP contribution in [0.1, 0.15) is 64.2 Å². The van der Waals surface area contributed by atoms with Crippen LogP contribution in [0.5, 0.6) is 0 Å². The highest BCUT2D eigenvalue weighted by Gasteiger charge is 2.21. The molecule has 0 aromatic rings. The van der Waals surface area contributed by atoms with Gasteiger partial charge in [-0.05, 0) is 25.7 Å². The van der Waals surface area contributed by atoms with E-state index in [2.05, 4.69) is 0 Å². The number of hydrogen-bond acceptors (Lipinski definition) is 3. The van der Waals surface area contributed by atoms with Crippen molar-refractivity contribution in [3.05, 3.63) is 0 Å². The second-order valence-electron chi connectivity index (χ2n) is 5.84. The van der Waals surface area contributed by atoms with Gasteiger partial charge in [0, 0.05) is 0 Å². The maximum absolute atomic E-state index is 9.84. The summed E-state index contributed by atoms with van der Waals surface area (Å²) in [5, 5.41) is 9.84. The molecular formula is C15H28O3. The molecule has 2 fully saturated rings. The highest BCUT2D eigenvalue weighted by molar-refractivity contribution is 4.69. The van der Waals surface area contributed by atoms with Crippen molar-refractivity contribution in [2.45, 2.75) is 82.5 Å². The van der Waals surface area contributed by atoms with E-state index in [0.717, 1.165) is 26.1 Å². The van der Waals surface area contributed by atoms with E-state index in [1.807, 2.05) is 0 Å². The van der Waals surface area contributed by atoms with Gasteiger partial charge in [-0.25, -0.2) is 0 Å². The van der Waals surface area contributed by atoms with Crippen LogP contribution in [0, 0.1) is 0 Å². The fourth-order valence-corrected chi connectivity index (χ4v) is 2.47. The molecule has 0 bridgehead atoms. The lowest BCUT2D eigenvalue weighted by atomic mass is 10.0. The summed E-state index contributed by atoms with van der Waals surface area (Å²) in [5.74, 6) is 0. The van der Waals surface area contributed by atoms with E-state index in [1.54, 1.807) is 0 Å². The highest BCUT2D eigenvalue weighted by Crippen LogP contribution is 2.20. The van der Waals surface area contributed by atoms with Crippen molar-refractivity contribution in [1.82, 2.24) is 0 Å². The predicted octanol–water partition coefficient (Wildman–Crippen LogP) is 3.05. The van der Waals surface area contributed by atoms with E-state index < -0.39 is 0 Å². The molecule has 0 saturated carbocycles. The lowest BCUT2D eigenvalue weighted by molar-refractivity contribution is 0.147. The van der Waals surface area contributed by atoms with Crippen molar-refractivity contribution in [1.29, 1.82) is 0 Å². The minimum absolute atomic E-state index is 0.0700. The minimum Gasteiger partial charge on any atom is -0.393 e. The minimum atomic E-state index is -0.0700. The molecule has 3 nitrogen and oxygen atoms in total. The molecule has 2 heterocycles. The number of unbranched alkanes of at least 4 members (excludes halogenated alkanes) is 4. The monoisotopic (exact) mass is 256 g/mol. The number of ether oxygens (including phenoxy) is 2. The maximum Gasteiger partial charge on any atom is 0.0810 e. The molecule has 3 heteroatoms. The fourth-order valence-electron chi connectivity index (χ4n) is 2.47. The summed E-state index contributed by atoms with van der Waals surface area (Å²) in [6, 6.07) is 0. The lowest BCUT2D eigenvalue weighted by Crippen LogP contribution is -2.06. The number of aliphatic hydroxyl groups is 1. The Labute approximate surface area is 111 Å². The molecule has 2 aliphatic rings. The molecule has 2 saturated heterocycles. The van der Waals surface area contributed by atoms with Gasteiger partial charge in [0.1, 0.15) is 0 Å². The Hall–Kier alpha value is -0.120. The molecule has 2 atom stereocenters. The van der Waals surface area contributed by atoms with Crippen LogP contribution in [-0.4, -0.2) is 36.6 Å². The number of epoxide rings is 2. The molecule has 0 radical (unpaired) electrons. The van der Waals surface area contributed by atoms with Crippen molar-refractivity contribution >= 4 is 0 Å². The molecular weight excluding hydrogens is 228 g/mol. The zero-order valence-electron chi connectivity index (χ0n) is 11.5. The van der Waals surface area contributed by atoms with Crippen LogP contribution >= 0.6 is 0 Å². The maximum atomic E-state index is 9.84. The Bertz CT molecular complexity index is 190. The predicted molar refractivity (Wildman–Crippen MR) is 71.7 cm³/mol. The Morgan fingerprint density at radius 3 is 1.61 bits per heavy atom. The third kappa shape index (κ3) is 7.34. The largest absolute Gasteiger partial charge is 0.393 e. The van der Waals surface area contributed by atoms with Gasteiger partial charge in [0.15, 0.2) is 0 Å². The summed E-state index contributed by atoms with van der Waals surface area (Å²) in [4.78, 5) is 0. The first-order valence-corrected chi connectivity index (χ1v) is 7.76. The topological polar surface area (TPSA) is 45.3 Å². The van der Waals surface area contributed by atoms with Crippen LogP contribution in [0.2, 0.25) is 0 Å². The van der Waals surface area contributed by atoms with Gasteiger partial charge in [0.25, 0.3) is 0 Å². The zero-order valence-corrected chi connectivity index (χ0v) is 11.5. The highest BCUT2D eigenvalue weighted by atomic mass is 16.6. The molecule has 0 aromatic carbocycles. The molecule has 18 heavy (non-hydrogen) atoms. The van der Waals surface area contributed by atoms with E-state index in [0.29, 0.717) is 12.2 Å². The van der Waals surface area contributed by atoms with Crippen molar-refractivity contribution in [2.75, 3.05) is 13.2 Å². The average molecular weight is 256 g/mol. The van der Waals surface area contributed by atoms with Crippen LogP contribution in [0.4, 0.5) is 0 Å². The second-order valence-corrected chi connectivity index (χ2v) is 5.84.